The molecule has 0 spiro atoms. The second-order valence-electron chi connectivity index (χ2n) is 6.78. The molecule has 3 rings (SSSR count). The molecule has 2 atom stereocenters. The van der Waals surface area contributed by atoms with E-state index < -0.39 is 0 Å². The number of nitrogens with two attached hydrogens (primary N) is 1. The first-order valence-corrected chi connectivity index (χ1v) is 7.94. The molecule has 1 nitrogen and oxygen atoms in total. The Kier molecular flexibility index (Phi) is 3.62. The van der Waals surface area contributed by atoms with Crippen molar-refractivity contribution in [1.29, 1.82) is 0 Å². The van der Waals surface area contributed by atoms with Crippen LogP contribution >= 0.6 is 0 Å². The van der Waals surface area contributed by atoms with Gasteiger partial charge in [0.25, 0.3) is 0 Å². The fourth-order valence-corrected chi connectivity index (χ4v) is 3.61. The Hall–Kier alpha value is -1.60. The lowest BCUT2D eigenvalue weighted by atomic mass is 9.70. The van der Waals surface area contributed by atoms with Gasteiger partial charge in [0, 0.05) is 5.54 Å². The van der Waals surface area contributed by atoms with Gasteiger partial charge in [-0.2, -0.15) is 0 Å². The first kappa shape index (κ1) is 14.3. The van der Waals surface area contributed by atoms with Gasteiger partial charge in [0.15, 0.2) is 0 Å². The van der Waals surface area contributed by atoms with Gasteiger partial charge in [-0.05, 0) is 66.8 Å². The molecule has 1 aliphatic carbocycles. The minimum absolute atomic E-state index is 0.217. The molecule has 2 N–H and O–H groups in total. The second-order valence-corrected chi connectivity index (χ2v) is 6.78. The van der Waals surface area contributed by atoms with E-state index in [0.717, 1.165) is 12.8 Å². The van der Waals surface area contributed by atoms with Crippen molar-refractivity contribution in [2.45, 2.75) is 51.5 Å². The summed E-state index contributed by atoms with van der Waals surface area (Å²) in [5.74, 6) is 0.623. The van der Waals surface area contributed by atoms with E-state index in [4.69, 9.17) is 5.73 Å². The maximum Gasteiger partial charge on any atom is 0.0453 e. The average Bonchev–Trinajstić information content (AvgIpc) is 2.48. The van der Waals surface area contributed by atoms with Gasteiger partial charge >= 0.3 is 0 Å². The predicted octanol–water partition coefficient (Wildman–Crippen LogP) is 4.60. The largest absolute Gasteiger partial charge is 0.321 e. The van der Waals surface area contributed by atoms with Gasteiger partial charge in [-0.1, -0.05) is 49.4 Å². The predicted molar refractivity (Wildman–Crippen MR) is 89.6 cm³/mol. The van der Waals surface area contributed by atoms with Gasteiger partial charge in [-0.3, -0.25) is 0 Å². The molecule has 2 aromatic rings. The van der Waals surface area contributed by atoms with Gasteiger partial charge in [0.2, 0.25) is 0 Å². The molecule has 1 aliphatic rings. The topological polar surface area (TPSA) is 26.0 Å². The molecule has 0 heterocycles. The summed E-state index contributed by atoms with van der Waals surface area (Å²) in [7, 11) is 0. The molecular weight excluding hydrogens is 254 g/mol. The molecule has 0 fully saturated rings. The molecular formula is C20H25N. The quantitative estimate of drug-likeness (QED) is 0.854. The molecule has 0 bridgehead atoms. The van der Waals surface area contributed by atoms with Gasteiger partial charge in [-0.25, -0.2) is 0 Å². The summed E-state index contributed by atoms with van der Waals surface area (Å²) in [5, 5.41) is 0. The summed E-state index contributed by atoms with van der Waals surface area (Å²) < 4.78 is 0. The highest BCUT2D eigenvalue weighted by molar-refractivity contribution is 5.40. The fraction of sp³-hybridized carbons (Fsp3) is 0.400. The van der Waals surface area contributed by atoms with Crippen LogP contribution in [0.2, 0.25) is 0 Å². The number of hydrogen-bond acceptors (Lipinski definition) is 1. The first-order valence-electron chi connectivity index (χ1n) is 7.94. The Labute approximate surface area is 128 Å². The Morgan fingerprint density at radius 3 is 2.62 bits per heavy atom. The molecule has 0 saturated heterocycles. The lowest BCUT2D eigenvalue weighted by Gasteiger charge is -2.39. The van der Waals surface area contributed by atoms with Crippen molar-refractivity contribution in [3.8, 4) is 0 Å². The van der Waals surface area contributed by atoms with Crippen LogP contribution < -0.4 is 5.73 Å². The number of aryl methyl sites for hydroxylation is 2. The molecule has 21 heavy (non-hydrogen) atoms. The van der Waals surface area contributed by atoms with Gasteiger partial charge in [0.1, 0.15) is 0 Å². The van der Waals surface area contributed by atoms with Crippen molar-refractivity contribution >= 4 is 0 Å². The first-order chi connectivity index (χ1) is 9.99. The van der Waals surface area contributed by atoms with Crippen molar-refractivity contribution in [3.63, 3.8) is 0 Å². The van der Waals surface area contributed by atoms with Crippen LogP contribution in [-0.4, -0.2) is 0 Å². The maximum atomic E-state index is 6.85. The zero-order valence-corrected chi connectivity index (χ0v) is 13.3. The van der Waals surface area contributed by atoms with Gasteiger partial charge in [0.05, 0.1) is 0 Å². The normalized spacial score (nSPS) is 24.7. The van der Waals surface area contributed by atoms with Crippen molar-refractivity contribution in [2.75, 3.05) is 0 Å². The highest BCUT2D eigenvalue weighted by atomic mass is 14.8. The monoisotopic (exact) mass is 279 g/mol. The highest BCUT2D eigenvalue weighted by Crippen LogP contribution is 2.41. The van der Waals surface area contributed by atoms with Gasteiger partial charge in [-0.15, -0.1) is 0 Å². The lowest BCUT2D eigenvalue weighted by molar-refractivity contribution is 0.349. The molecule has 2 aromatic carbocycles. The van der Waals surface area contributed by atoms with Crippen LogP contribution in [0.3, 0.4) is 0 Å². The number of hydrogen-bond donors (Lipinski definition) is 1. The van der Waals surface area contributed by atoms with Crippen LogP contribution in [0, 0.1) is 13.8 Å². The second kappa shape index (κ2) is 5.31. The van der Waals surface area contributed by atoms with E-state index in [1.165, 1.54) is 34.2 Å². The Bertz CT molecular complexity index is 659. The van der Waals surface area contributed by atoms with E-state index in [1.54, 1.807) is 0 Å². The number of fused-ring (bicyclic) bond motifs is 1. The summed E-state index contributed by atoms with van der Waals surface area (Å²) in [5.41, 5.74) is 13.5. The van der Waals surface area contributed by atoms with Crippen molar-refractivity contribution in [3.05, 3.63) is 70.3 Å². The Morgan fingerprint density at radius 1 is 1.10 bits per heavy atom. The summed E-state index contributed by atoms with van der Waals surface area (Å²) in [6, 6.07) is 15.5. The van der Waals surface area contributed by atoms with Crippen LogP contribution in [-0.2, 0) is 12.0 Å². The summed E-state index contributed by atoms with van der Waals surface area (Å²) in [6.07, 6.45) is 3.17. The van der Waals surface area contributed by atoms with E-state index in [9.17, 15) is 0 Å². The minimum atomic E-state index is -0.217. The van der Waals surface area contributed by atoms with Crippen LogP contribution in [0.15, 0.2) is 42.5 Å². The summed E-state index contributed by atoms with van der Waals surface area (Å²) in [6.45, 7) is 6.66. The third kappa shape index (κ3) is 2.63. The standard InChI is InChI=1S/C20H25N/c1-14-8-9-17(12-16(14)3)13-20(21)11-10-15(2)18-6-4-5-7-19(18)20/h4-9,12,15H,10-11,13,21H2,1-3H3. The van der Waals surface area contributed by atoms with E-state index in [1.807, 2.05) is 0 Å². The molecule has 2 unspecified atom stereocenters. The highest BCUT2D eigenvalue weighted by Gasteiger charge is 2.35. The molecule has 0 amide bonds. The molecule has 110 valence electrons. The number of benzene rings is 2. The third-order valence-corrected chi connectivity index (χ3v) is 5.14. The van der Waals surface area contributed by atoms with E-state index in [2.05, 4.69) is 63.2 Å². The van der Waals surface area contributed by atoms with E-state index in [-0.39, 0.29) is 5.54 Å². The summed E-state index contributed by atoms with van der Waals surface area (Å²) >= 11 is 0. The zero-order valence-electron chi connectivity index (χ0n) is 13.3. The zero-order chi connectivity index (χ0) is 15.0. The maximum absolute atomic E-state index is 6.85. The lowest BCUT2D eigenvalue weighted by Crippen LogP contribution is -2.42. The van der Waals surface area contributed by atoms with Crippen LogP contribution in [0.25, 0.3) is 0 Å². The Balaban J connectivity index is 1.97. The third-order valence-electron chi connectivity index (χ3n) is 5.14. The Morgan fingerprint density at radius 2 is 1.86 bits per heavy atom. The molecule has 0 aliphatic heterocycles. The molecule has 0 radical (unpaired) electrons. The average molecular weight is 279 g/mol. The van der Waals surface area contributed by atoms with E-state index in [0.29, 0.717) is 5.92 Å². The molecule has 1 heteroatoms. The summed E-state index contributed by atoms with van der Waals surface area (Å²) in [4.78, 5) is 0. The van der Waals surface area contributed by atoms with Gasteiger partial charge < -0.3 is 5.73 Å². The van der Waals surface area contributed by atoms with Crippen LogP contribution in [0.4, 0.5) is 0 Å². The smallest absolute Gasteiger partial charge is 0.0453 e. The molecule has 0 aromatic heterocycles. The SMILES string of the molecule is Cc1ccc(CC2(N)CCC(C)c3ccccc32)cc1C. The fourth-order valence-electron chi connectivity index (χ4n) is 3.61. The number of rotatable bonds is 2. The van der Waals surface area contributed by atoms with Crippen molar-refractivity contribution in [1.82, 2.24) is 0 Å². The van der Waals surface area contributed by atoms with Crippen LogP contribution in [0.1, 0.15) is 53.5 Å². The minimum Gasteiger partial charge on any atom is -0.321 e. The molecule has 0 saturated carbocycles. The van der Waals surface area contributed by atoms with Crippen molar-refractivity contribution < 1.29 is 0 Å². The van der Waals surface area contributed by atoms with Crippen LogP contribution in [0.5, 0.6) is 0 Å². The van der Waals surface area contributed by atoms with Crippen molar-refractivity contribution in [2.24, 2.45) is 5.73 Å². The van der Waals surface area contributed by atoms with E-state index >= 15 is 0 Å².